The van der Waals surface area contributed by atoms with E-state index in [1.54, 1.807) is 23.7 Å². The summed E-state index contributed by atoms with van der Waals surface area (Å²) >= 11 is 0. The minimum atomic E-state index is -0.624. The van der Waals surface area contributed by atoms with Crippen molar-refractivity contribution in [3.63, 3.8) is 0 Å². The maximum Gasteiger partial charge on any atom is 0.241 e. The molecular weight excluding hydrogens is 314 g/mol. The lowest BCUT2D eigenvalue weighted by molar-refractivity contribution is -0.122. The van der Waals surface area contributed by atoms with Crippen LogP contribution in [0, 0.1) is 25.5 Å². The number of halogens is 2. The molecule has 2 aromatic rings. The van der Waals surface area contributed by atoms with Crippen LogP contribution in [-0.2, 0) is 11.3 Å². The van der Waals surface area contributed by atoms with Gasteiger partial charge >= 0.3 is 0 Å². The molecule has 1 N–H and O–H groups in total. The molecule has 0 aliphatic rings. The highest BCUT2D eigenvalue weighted by Gasteiger charge is 2.22. The van der Waals surface area contributed by atoms with Crippen LogP contribution in [0.2, 0.25) is 0 Å². The maximum atomic E-state index is 14.0. The van der Waals surface area contributed by atoms with Gasteiger partial charge in [0.05, 0.1) is 11.7 Å². The van der Waals surface area contributed by atoms with Crippen LogP contribution in [0.4, 0.5) is 8.78 Å². The molecule has 0 saturated carbocycles. The molecule has 130 valence electrons. The van der Waals surface area contributed by atoms with Crippen LogP contribution < -0.4 is 5.32 Å². The van der Waals surface area contributed by atoms with Gasteiger partial charge in [-0.1, -0.05) is 6.07 Å². The highest BCUT2D eigenvalue weighted by Crippen LogP contribution is 2.23. The van der Waals surface area contributed by atoms with Gasteiger partial charge in [-0.15, -0.1) is 0 Å². The molecule has 1 amide bonds. The molecule has 1 heterocycles. The van der Waals surface area contributed by atoms with E-state index < -0.39 is 17.7 Å². The maximum absolute atomic E-state index is 14.0. The third kappa shape index (κ3) is 4.17. The standard InChI is InChI=1S/C17H22F2N4O/c1-11-8-12(2)23(21-11)10-16(24)20-9-15(22(3)4)17-13(18)6-5-7-14(17)19/h5-8,15H,9-10H2,1-4H3,(H,20,24)/t15-/m0/s1. The van der Waals surface area contributed by atoms with Crippen molar-refractivity contribution in [1.82, 2.24) is 20.0 Å². The zero-order valence-electron chi connectivity index (χ0n) is 14.3. The number of amides is 1. The van der Waals surface area contributed by atoms with E-state index in [-0.39, 0.29) is 24.6 Å². The predicted octanol–water partition coefficient (Wildman–Crippen LogP) is 2.20. The van der Waals surface area contributed by atoms with E-state index in [9.17, 15) is 13.6 Å². The smallest absolute Gasteiger partial charge is 0.241 e. The van der Waals surface area contributed by atoms with Gasteiger partial charge in [-0.2, -0.15) is 5.10 Å². The number of rotatable bonds is 6. The Balaban J connectivity index is 2.07. The minimum absolute atomic E-state index is 0.0473. The van der Waals surface area contributed by atoms with Gasteiger partial charge in [0.2, 0.25) is 5.91 Å². The van der Waals surface area contributed by atoms with Crippen molar-refractivity contribution in [3.8, 4) is 0 Å². The van der Waals surface area contributed by atoms with Crippen molar-refractivity contribution in [2.45, 2.75) is 26.4 Å². The van der Waals surface area contributed by atoms with Crippen LogP contribution in [-0.4, -0.2) is 41.2 Å². The number of aryl methyl sites for hydroxylation is 2. The molecule has 7 heteroatoms. The van der Waals surface area contributed by atoms with E-state index in [0.29, 0.717) is 0 Å². The first-order valence-electron chi connectivity index (χ1n) is 7.67. The van der Waals surface area contributed by atoms with Crippen LogP contribution in [0.5, 0.6) is 0 Å². The Morgan fingerprint density at radius 1 is 1.29 bits per heavy atom. The summed E-state index contributed by atoms with van der Waals surface area (Å²) in [6.07, 6.45) is 0. The predicted molar refractivity (Wildman–Crippen MR) is 87.5 cm³/mol. The fraction of sp³-hybridized carbons (Fsp3) is 0.412. The fourth-order valence-electron chi connectivity index (χ4n) is 2.61. The summed E-state index contributed by atoms with van der Waals surface area (Å²) in [7, 11) is 3.42. The minimum Gasteiger partial charge on any atom is -0.353 e. The average Bonchev–Trinajstić information content (AvgIpc) is 2.79. The number of nitrogens with zero attached hydrogens (tertiary/aromatic N) is 3. The van der Waals surface area contributed by atoms with E-state index in [1.807, 2.05) is 19.9 Å². The molecule has 1 aromatic carbocycles. The number of benzene rings is 1. The van der Waals surface area contributed by atoms with E-state index in [4.69, 9.17) is 0 Å². The van der Waals surface area contributed by atoms with Crippen LogP contribution >= 0.6 is 0 Å². The van der Waals surface area contributed by atoms with Crippen molar-refractivity contribution in [1.29, 1.82) is 0 Å². The Bertz CT molecular complexity index is 707. The molecule has 5 nitrogen and oxygen atoms in total. The summed E-state index contributed by atoms with van der Waals surface area (Å²) in [5.74, 6) is -1.51. The Morgan fingerprint density at radius 2 is 1.92 bits per heavy atom. The van der Waals surface area contributed by atoms with Gasteiger partial charge in [-0.05, 0) is 46.1 Å². The zero-order valence-corrected chi connectivity index (χ0v) is 14.3. The first kappa shape index (κ1) is 18.1. The average molecular weight is 336 g/mol. The van der Waals surface area contributed by atoms with E-state index in [0.717, 1.165) is 11.4 Å². The summed E-state index contributed by atoms with van der Waals surface area (Å²) in [4.78, 5) is 13.8. The van der Waals surface area contributed by atoms with Crippen molar-refractivity contribution in [2.24, 2.45) is 0 Å². The molecule has 0 unspecified atom stereocenters. The third-order valence-corrected chi connectivity index (χ3v) is 3.85. The second-order valence-electron chi connectivity index (χ2n) is 6.00. The zero-order chi connectivity index (χ0) is 17.9. The molecule has 0 fully saturated rings. The highest BCUT2D eigenvalue weighted by molar-refractivity contribution is 5.75. The number of likely N-dealkylation sites (N-methyl/N-ethyl adjacent to an activating group) is 1. The van der Waals surface area contributed by atoms with Crippen LogP contribution in [0.1, 0.15) is 23.0 Å². The van der Waals surface area contributed by atoms with E-state index in [2.05, 4.69) is 10.4 Å². The van der Waals surface area contributed by atoms with E-state index in [1.165, 1.54) is 18.2 Å². The van der Waals surface area contributed by atoms with Crippen LogP contribution in [0.15, 0.2) is 24.3 Å². The molecule has 0 spiro atoms. The molecule has 0 radical (unpaired) electrons. The number of carbonyl (C=O) groups is 1. The lowest BCUT2D eigenvalue weighted by atomic mass is 10.0. The molecule has 24 heavy (non-hydrogen) atoms. The van der Waals surface area contributed by atoms with Crippen molar-refractivity contribution < 1.29 is 13.6 Å². The van der Waals surface area contributed by atoms with Gasteiger partial charge < -0.3 is 10.2 Å². The molecule has 1 atom stereocenters. The van der Waals surface area contributed by atoms with E-state index >= 15 is 0 Å². The van der Waals surface area contributed by atoms with Crippen LogP contribution in [0.25, 0.3) is 0 Å². The van der Waals surface area contributed by atoms with Crippen molar-refractivity contribution in [3.05, 3.63) is 52.9 Å². The summed E-state index contributed by atoms with van der Waals surface area (Å²) in [5, 5.41) is 6.95. The topological polar surface area (TPSA) is 50.2 Å². The quantitative estimate of drug-likeness (QED) is 0.880. The summed E-state index contributed by atoms with van der Waals surface area (Å²) in [5.41, 5.74) is 1.67. The van der Waals surface area contributed by atoms with Gasteiger partial charge in [0.25, 0.3) is 0 Å². The van der Waals surface area contributed by atoms with Crippen LogP contribution in [0.3, 0.4) is 0 Å². The summed E-state index contributed by atoms with van der Waals surface area (Å²) in [6.45, 7) is 3.89. The number of aromatic nitrogens is 2. The molecule has 0 bridgehead atoms. The monoisotopic (exact) mass is 336 g/mol. The second-order valence-corrected chi connectivity index (χ2v) is 6.00. The fourth-order valence-corrected chi connectivity index (χ4v) is 2.61. The van der Waals surface area contributed by atoms with Gasteiger partial charge in [-0.25, -0.2) is 8.78 Å². The molecular formula is C17H22F2N4O. The van der Waals surface area contributed by atoms with Gasteiger partial charge in [0.15, 0.2) is 0 Å². The normalized spacial score (nSPS) is 12.5. The molecule has 0 aliphatic heterocycles. The van der Waals surface area contributed by atoms with Crippen molar-refractivity contribution in [2.75, 3.05) is 20.6 Å². The lowest BCUT2D eigenvalue weighted by Crippen LogP contribution is -2.37. The second kappa shape index (κ2) is 7.53. The number of hydrogen-bond donors (Lipinski definition) is 1. The first-order valence-corrected chi connectivity index (χ1v) is 7.67. The SMILES string of the molecule is Cc1cc(C)n(CC(=O)NC[C@@H](c2c(F)cccc2F)N(C)C)n1. The largest absolute Gasteiger partial charge is 0.353 e. The Kier molecular flexibility index (Phi) is 5.66. The number of carbonyl (C=O) groups excluding carboxylic acids is 1. The Hall–Kier alpha value is -2.28. The van der Waals surface area contributed by atoms with Crippen molar-refractivity contribution >= 4 is 5.91 Å². The van der Waals surface area contributed by atoms with Gasteiger partial charge in [0.1, 0.15) is 18.2 Å². The van der Waals surface area contributed by atoms with Gasteiger partial charge in [0, 0.05) is 17.8 Å². The first-order chi connectivity index (χ1) is 11.3. The third-order valence-electron chi connectivity index (χ3n) is 3.85. The van der Waals surface area contributed by atoms with Gasteiger partial charge in [-0.3, -0.25) is 9.48 Å². The summed E-state index contributed by atoms with van der Waals surface area (Å²) in [6, 6.07) is 5.03. The molecule has 0 saturated heterocycles. The summed E-state index contributed by atoms with van der Waals surface area (Å²) < 4.78 is 29.6. The Morgan fingerprint density at radius 3 is 2.42 bits per heavy atom. The Labute approximate surface area is 140 Å². The molecule has 2 rings (SSSR count). The lowest BCUT2D eigenvalue weighted by Gasteiger charge is -2.25. The molecule has 1 aromatic heterocycles. The molecule has 0 aliphatic carbocycles. The highest BCUT2D eigenvalue weighted by atomic mass is 19.1. The number of hydrogen-bond acceptors (Lipinski definition) is 3. The number of nitrogens with one attached hydrogen (secondary N) is 1.